The van der Waals surface area contributed by atoms with E-state index in [2.05, 4.69) is 5.32 Å². The Bertz CT molecular complexity index is 459. The number of piperazine rings is 1. The summed E-state index contributed by atoms with van der Waals surface area (Å²) in [5, 5.41) is 2.78. The van der Waals surface area contributed by atoms with Gasteiger partial charge in [-0.15, -0.1) is 0 Å². The second-order valence-corrected chi connectivity index (χ2v) is 4.68. The Morgan fingerprint density at radius 3 is 2.82 bits per heavy atom. The Labute approximate surface area is 99.6 Å². The molecule has 92 valence electrons. The molecule has 1 aliphatic heterocycles. The van der Waals surface area contributed by atoms with Crippen LogP contribution in [0.2, 0.25) is 0 Å². The number of hydrogen-bond acceptors (Lipinski definition) is 3. The smallest absolute Gasteiger partial charge is 0.245 e. The minimum absolute atomic E-state index is 0.0972. The lowest BCUT2D eigenvalue weighted by molar-refractivity contribution is -0.126. The first-order valence-corrected chi connectivity index (χ1v) is 5.54. The lowest BCUT2D eigenvalue weighted by Crippen LogP contribution is -2.62. The van der Waals surface area contributed by atoms with E-state index < -0.39 is 11.4 Å². The van der Waals surface area contributed by atoms with Crippen molar-refractivity contribution in [2.45, 2.75) is 19.4 Å². The molecule has 3 N–H and O–H groups in total. The van der Waals surface area contributed by atoms with Gasteiger partial charge in [0.25, 0.3) is 0 Å². The minimum atomic E-state index is -0.755. The molecule has 0 aromatic heterocycles. The molecule has 0 spiro atoms. The predicted molar refractivity (Wildman–Crippen MR) is 65.2 cm³/mol. The van der Waals surface area contributed by atoms with Crippen molar-refractivity contribution in [2.75, 3.05) is 23.7 Å². The maximum Gasteiger partial charge on any atom is 0.245 e. The van der Waals surface area contributed by atoms with Crippen LogP contribution in [0, 0.1) is 5.82 Å². The molecule has 0 atom stereocenters. The van der Waals surface area contributed by atoms with Crippen molar-refractivity contribution in [3.05, 3.63) is 24.0 Å². The van der Waals surface area contributed by atoms with Crippen molar-refractivity contribution in [1.29, 1.82) is 0 Å². The number of rotatable bonds is 1. The fraction of sp³-hybridized carbons (Fsp3) is 0.417. The standard InChI is InChI=1S/C12H16FN3O/c1-12(2)11(17)15-5-6-16(12)10-4-3-8(14)7-9(10)13/h3-4,7H,5-6,14H2,1-2H3,(H,15,17). The number of carbonyl (C=O) groups is 1. The number of nitrogens with zero attached hydrogens (tertiary/aromatic N) is 1. The van der Waals surface area contributed by atoms with Crippen LogP contribution in [0.3, 0.4) is 0 Å². The molecule has 1 amide bonds. The summed E-state index contributed by atoms with van der Waals surface area (Å²) in [6.07, 6.45) is 0. The first kappa shape index (κ1) is 11.7. The highest BCUT2D eigenvalue weighted by Crippen LogP contribution is 2.29. The van der Waals surface area contributed by atoms with E-state index in [1.807, 2.05) is 0 Å². The number of hydrogen-bond donors (Lipinski definition) is 2. The summed E-state index contributed by atoms with van der Waals surface area (Å²) >= 11 is 0. The van der Waals surface area contributed by atoms with Crippen molar-refractivity contribution in [3.63, 3.8) is 0 Å². The molecule has 4 nitrogen and oxygen atoms in total. The quantitative estimate of drug-likeness (QED) is 0.720. The largest absolute Gasteiger partial charge is 0.399 e. The summed E-state index contributed by atoms with van der Waals surface area (Å²) in [5.41, 5.74) is 5.56. The zero-order valence-electron chi connectivity index (χ0n) is 9.96. The zero-order valence-corrected chi connectivity index (χ0v) is 9.96. The second kappa shape index (κ2) is 3.91. The third-order valence-electron chi connectivity index (χ3n) is 3.11. The summed E-state index contributed by atoms with van der Waals surface area (Å²) in [6.45, 7) is 4.65. The van der Waals surface area contributed by atoms with Crippen LogP contribution in [-0.2, 0) is 4.79 Å². The minimum Gasteiger partial charge on any atom is -0.399 e. The molecular weight excluding hydrogens is 221 g/mol. The SMILES string of the molecule is CC1(C)C(=O)NCCN1c1ccc(N)cc1F. The molecule has 0 bridgehead atoms. The van der Waals surface area contributed by atoms with E-state index in [1.165, 1.54) is 6.07 Å². The number of halogens is 1. The van der Waals surface area contributed by atoms with Crippen LogP contribution in [0.5, 0.6) is 0 Å². The van der Waals surface area contributed by atoms with Crippen LogP contribution in [-0.4, -0.2) is 24.5 Å². The Morgan fingerprint density at radius 2 is 2.18 bits per heavy atom. The van der Waals surface area contributed by atoms with Gasteiger partial charge in [-0.3, -0.25) is 4.79 Å². The number of amides is 1. The lowest BCUT2D eigenvalue weighted by Gasteiger charge is -2.42. The highest BCUT2D eigenvalue weighted by atomic mass is 19.1. The first-order chi connectivity index (χ1) is 7.93. The molecule has 1 aliphatic rings. The van der Waals surface area contributed by atoms with Crippen LogP contribution in [0.25, 0.3) is 0 Å². The topological polar surface area (TPSA) is 58.4 Å². The molecule has 17 heavy (non-hydrogen) atoms. The van der Waals surface area contributed by atoms with Gasteiger partial charge in [-0.25, -0.2) is 4.39 Å². The van der Waals surface area contributed by atoms with E-state index >= 15 is 0 Å². The number of nitrogens with two attached hydrogens (primary N) is 1. The first-order valence-electron chi connectivity index (χ1n) is 5.54. The molecule has 1 heterocycles. The molecule has 1 aromatic carbocycles. The number of carbonyl (C=O) groups excluding carboxylic acids is 1. The van der Waals surface area contributed by atoms with Gasteiger partial charge in [-0.05, 0) is 32.0 Å². The van der Waals surface area contributed by atoms with Crippen LogP contribution in [0.15, 0.2) is 18.2 Å². The van der Waals surface area contributed by atoms with Gasteiger partial charge in [-0.2, -0.15) is 0 Å². The van der Waals surface area contributed by atoms with Crippen LogP contribution in [0.4, 0.5) is 15.8 Å². The third-order valence-corrected chi connectivity index (χ3v) is 3.11. The predicted octanol–water partition coefficient (Wildman–Crippen LogP) is 1.12. The summed E-state index contributed by atoms with van der Waals surface area (Å²) in [5.74, 6) is -0.493. The average molecular weight is 237 g/mol. The second-order valence-electron chi connectivity index (χ2n) is 4.68. The van der Waals surface area contributed by atoms with E-state index in [4.69, 9.17) is 5.73 Å². The van der Waals surface area contributed by atoms with Gasteiger partial charge in [-0.1, -0.05) is 0 Å². The fourth-order valence-corrected chi connectivity index (χ4v) is 2.06. The summed E-state index contributed by atoms with van der Waals surface area (Å²) in [6, 6.07) is 4.53. The van der Waals surface area contributed by atoms with Gasteiger partial charge >= 0.3 is 0 Å². The van der Waals surface area contributed by atoms with Crippen molar-refractivity contribution >= 4 is 17.3 Å². The molecule has 1 aromatic rings. The number of anilines is 2. The number of nitrogens with one attached hydrogen (secondary N) is 1. The lowest BCUT2D eigenvalue weighted by atomic mass is 9.98. The highest BCUT2D eigenvalue weighted by molar-refractivity contribution is 5.90. The Morgan fingerprint density at radius 1 is 1.47 bits per heavy atom. The van der Waals surface area contributed by atoms with Gasteiger partial charge in [0.05, 0.1) is 5.69 Å². The normalized spacial score (nSPS) is 19.0. The van der Waals surface area contributed by atoms with Crippen molar-refractivity contribution < 1.29 is 9.18 Å². The van der Waals surface area contributed by atoms with Crippen molar-refractivity contribution in [3.8, 4) is 0 Å². The molecule has 1 fully saturated rings. The molecule has 1 saturated heterocycles. The Balaban J connectivity index is 2.41. The van der Waals surface area contributed by atoms with E-state index in [9.17, 15) is 9.18 Å². The maximum absolute atomic E-state index is 13.9. The Kier molecular flexibility index (Phi) is 2.69. The van der Waals surface area contributed by atoms with Crippen molar-refractivity contribution in [2.24, 2.45) is 0 Å². The van der Waals surface area contributed by atoms with Gasteiger partial charge in [0.1, 0.15) is 11.4 Å². The molecule has 0 aliphatic carbocycles. The third kappa shape index (κ3) is 1.92. The van der Waals surface area contributed by atoms with E-state index in [-0.39, 0.29) is 5.91 Å². The monoisotopic (exact) mass is 237 g/mol. The summed E-state index contributed by atoms with van der Waals surface area (Å²) in [7, 11) is 0. The van der Waals surface area contributed by atoms with Crippen LogP contribution in [0.1, 0.15) is 13.8 Å². The van der Waals surface area contributed by atoms with Gasteiger partial charge < -0.3 is 16.0 Å². The molecule has 0 radical (unpaired) electrons. The van der Waals surface area contributed by atoms with E-state index in [0.717, 1.165) is 0 Å². The maximum atomic E-state index is 13.9. The van der Waals surface area contributed by atoms with Crippen molar-refractivity contribution in [1.82, 2.24) is 5.32 Å². The van der Waals surface area contributed by atoms with Gasteiger partial charge in [0, 0.05) is 18.8 Å². The van der Waals surface area contributed by atoms with E-state index in [1.54, 1.807) is 30.9 Å². The molecule has 0 saturated carbocycles. The molecule has 5 heteroatoms. The van der Waals surface area contributed by atoms with Crippen LogP contribution >= 0.6 is 0 Å². The zero-order chi connectivity index (χ0) is 12.6. The number of benzene rings is 1. The Hall–Kier alpha value is -1.78. The van der Waals surface area contributed by atoms with E-state index in [0.29, 0.717) is 24.5 Å². The average Bonchev–Trinajstić information content (AvgIpc) is 2.23. The summed E-state index contributed by atoms with van der Waals surface area (Å²) in [4.78, 5) is 13.5. The van der Waals surface area contributed by atoms with Crippen LogP contribution < -0.4 is 16.0 Å². The van der Waals surface area contributed by atoms with Gasteiger partial charge in [0.15, 0.2) is 0 Å². The molecular formula is C12H16FN3O. The number of nitrogen functional groups attached to an aromatic ring is 1. The fourth-order valence-electron chi connectivity index (χ4n) is 2.06. The molecule has 0 unspecified atom stereocenters. The molecule has 2 rings (SSSR count). The van der Waals surface area contributed by atoms with Gasteiger partial charge in [0.2, 0.25) is 5.91 Å². The summed E-state index contributed by atoms with van der Waals surface area (Å²) < 4.78 is 13.9. The highest BCUT2D eigenvalue weighted by Gasteiger charge is 2.38.